The number of H-pyrrole nitrogens is 1. The standard InChI is InChI=1S/C6H9N3O2.C6H14N2O2.C5H10N2O3.C5H9NO4.C5H9NO2/c7-5(6(10)11)1-4-2-8-3-9-4;7-4-2-1-3-5(8)6(9)10;2*6-3(5(9)10)1-2-4(7)8;7-5(8)4-2-1-3-6-4/h2-3,5H,1,7H2,(H,8,9)(H,10,11);5H,1-4,7-8H2,(H,9,10);3H,1-2,6H2,(H2,7,8)(H,9,10);3H,1-2,6H2,(H,7,8)(H,9,10);4,6H,1-3H2,(H,7,8)/t2*5-;2*3-;4-/m00000/s1. The van der Waals surface area contributed by atoms with E-state index >= 15 is 0 Å². The molecule has 282 valence electrons. The summed E-state index contributed by atoms with van der Waals surface area (Å²) in [6.45, 7) is 1.46. The third-order valence-electron chi connectivity index (χ3n) is 5.96. The van der Waals surface area contributed by atoms with Gasteiger partial charge in [0.2, 0.25) is 5.91 Å². The van der Waals surface area contributed by atoms with E-state index in [1.165, 1.54) is 6.33 Å². The molecule has 0 bridgehead atoms. The van der Waals surface area contributed by atoms with Crippen molar-refractivity contribution in [3.63, 3.8) is 0 Å². The Bertz CT molecular complexity index is 1080. The second kappa shape index (κ2) is 29.4. The fourth-order valence-corrected chi connectivity index (χ4v) is 3.07. The van der Waals surface area contributed by atoms with Crippen LogP contribution in [-0.2, 0) is 40.0 Å². The molecule has 49 heavy (non-hydrogen) atoms. The first-order valence-electron chi connectivity index (χ1n) is 14.8. The fourth-order valence-electron chi connectivity index (χ4n) is 3.07. The highest BCUT2D eigenvalue weighted by Gasteiger charge is 2.20. The van der Waals surface area contributed by atoms with Gasteiger partial charge in [-0.1, -0.05) is 6.42 Å². The second-order valence-corrected chi connectivity index (χ2v) is 10.3. The predicted molar refractivity (Wildman–Crippen MR) is 172 cm³/mol. The number of unbranched alkanes of at least 4 members (excludes halogenated alkanes) is 1. The van der Waals surface area contributed by atoms with E-state index in [1.54, 1.807) is 6.20 Å². The number of aromatic nitrogens is 2. The fraction of sp³-hybridized carbons (Fsp3) is 0.630. The molecular formula is C27H51N9O13. The zero-order chi connectivity index (χ0) is 38.5. The Kier molecular flexibility index (Phi) is 29.2. The number of carboxylic acid groups (broad SMARTS) is 6. The van der Waals surface area contributed by atoms with Crippen molar-refractivity contribution in [3.05, 3.63) is 18.2 Å². The van der Waals surface area contributed by atoms with Gasteiger partial charge in [0.1, 0.15) is 30.2 Å². The number of rotatable bonds is 17. The van der Waals surface area contributed by atoms with Crippen LogP contribution in [0, 0.1) is 0 Å². The zero-order valence-electron chi connectivity index (χ0n) is 27.0. The van der Waals surface area contributed by atoms with Crippen molar-refractivity contribution in [1.29, 1.82) is 0 Å². The molecule has 22 nitrogen and oxygen atoms in total. The number of carbonyl (C=O) groups is 7. The number of imidazole rings is 1. The van der Waals surface area contributed by atoms with Crippen molar-refractivity contribution < 1.29 is 64.2 Å². The van der Waals surface area contributed by atoms with Gasteiger partial charge in [-0.3, -0.25) is 33.6 Å². The first kappa shape index (κ1) is 48.7. The summed E-state index contributed by atoms with van der Waals surface area (Å²) in [6.07, 6.45) is 7.18. The van der Waals surface area contributed by atoms with Crippen LogP contribution >= 0.6 is 0 Å². The lowest BCUT2D eigenvalue weighted by Crippen LogP contribution is -2.32. The Morgan fingerprint density at radius 2 is 1.24 bits per heavy atom. The van der Waals surface area contributed by atoms with Crippen LogP contribution in [0.3, 0.4) is 0 Å². The van der Waals surface area contributed by atoms with Gasteiger partial charge in [-0.05, 0) is 51.6 Å². The minimum atomic E-state index is -1.17. The van der Waals surface area contributed by atoms with Crippen LogP contribution in [0.1, 0.15) is 63.5 Å². The van der Waals surface area contributed by atoms with Gasteiger partial charge in [0.15, 0.2) is 0 Å². The van der Waals surface area contributed by atoms with Crippen LogP contribution in [0.2, 0.25) is 0 Å². The van der Waals surface area contributed by atoms with Crippen LogP contribution in [-0.4, -0.2) is 126 Å². The number of primary amides is 1. The summed E-state index contributed by atoms with van der Waals surface area (Å²) in [5.41, 5.74) is 31.2. The number of carbonyl (C=O) groups excluding carboxylic acids is 1. The monoisotopic (exact) mass is 709 g/mol. The van der Waals surface area contributed by atoms with E-state index in [2.05, 4.69) is 15.3 Å². The average molecular weight is 710 g/mol. The van der Waals surface area contributed by atoms with E-state index in [-0.39, 0.29) is 38.1 Å². The first-order valence-corrected chi connectivity index (χ1v) is 14.8. The van der Waals surface area contributed by atoms with E-state index in [4.69, 9.17) is 65.0 Å². The lowest BCUT2D eigenvalue weighted by atomic mass is 10.1. The van der Waals surface area contributed by atoms with Gasteiger partial charge in [-0.15, -0.1) is 0 Å². The van der Waals surface area contributed by atoms with Crippen molar-refractivity contribution in [2.24, 2.45) is 34.4 Å². The lowest BCUT2D eigenvalue weighted by Gasteiger charge is -2.03. The Hall–Kier alpha value is -4.74. The number of aromatic amines is 1. The number of carboxylic acids is 6. The number of amides is 1. The van der Waals surface area contributed by atoms with Gasteiger partial charge in [0.25, 0.3) is 0 Å². The highest BCUT2D eigenvalue weighted by atomic mass is 16.4. The molecule has 5 atom stereocenters. The molecule has 22 heteroatoms. The average Bonchev–Trinajstić information content (AvgIpc) is 3.75. The Balaban J connectivity index is -0.000000541. The Morgan fingerprint density at radius 3 is 1.57 bits per heavy atom. The normalized spacial score (nSPS) is 15.2. The van der Waals surface area contributed by atoms with Crippen molar-refractivity contribution in [1.82, 2.24) is 15.3 Å². The van der Waals surface area contributed by atoms with Gasteiger partial charge < -0.3 is 75.3 Å². The smallest absolute Gasteiger partial charge is 0.320 e. The molecule has 0 aliphatic carbocycles. The molecule has 1 aromatic rings. The van der Waals surface area contributed by atoms with Crippen LogP contribution in [0.4, 0.5) is 0 Å². The maximum absolute atomic E-state index is 10.3. The molecule has 0 unspecified atom stereocenters. The topological polar surface area (TPSA) is 438 Å². The molecule has 1 amide bonds. The maximum Gasteiger partial charge on any atom is 0.320 e. The van der Waals surface area contributed by atoms with Gasteiger partial charge in [0.05, 0.1) is 6.33 Å². The van der Waals surface area contributed by atoms with E-state index in [9.17, 15) is 33.6 Å². The summed E-state index contributed by atoms with van der Waals surface area (Å²) in [5.74, 6) is -6.49. The van der Waals surface area contributed by atoms with Crippen LogP contribution < -0.4 is 39.7 Å². The zero-order valence-corrected chi connectivity index (χ0v) is 27.0. The summed E-state index contributed by atoms with van der Waals surface area (Å²) in [4.78, 5) is 77.0. The third kappa shape index (κ3) is 31.6. The molecule has 1 aliphatic rings. The van der Waals surface area contributed by atoms with Crippen molar-refractivity contribution >= 4 is 41.7 Å². The predicted octanol–water partition coefficient (Wildman–Crippen LogP) is -3.36. The van der Waals surface area contributed by atoms with Crippen molar-refractivity contribution in [2.45, 2.75) is 94.4 Å². The molecular weight excluding hydrogens is 658 g/mol. The first-order chi connectivity index (χ1) is 22.8. The minimum absolute atomic E-state index is 0.0213. The number of aliphatic carboxylic acids is 6. The van der Waals surface area contributed by atoms with Gasteiger partial charge in [0, 0.05) is 31.2 Å². The number of nitrogens with two attached hydrogens (primary N) is 6. The Labute approximate surface area is 281 Å². The summed E-state index contributed by atoms with van der Waals surface area (Å²) in [6, 6.07) is -3.87. The highest BCUT2D eigenvalue weighted by molar-refractivity contribution is 5.77. The molecule has 1 fully saturated rings. The van der Waals surface area contributed by atoms with Gasteiger partial charge in [-0.2, -0.15) is 0 Å². The molecule has 2 rings (SSSR count). The van der Waals surface area contributed by atoms with Crippen LogP contribution in [0.25, 0.3) is 0 Å². The third-order valence-corrected chi connectivity index (χ3v) is 5.96. The lowest BCUT2D eigenvalue weighted by molar-refractivity contribution is -0.141. The number of nitrogens with one attached hydrogen (secondary N) is 2. The molecule has 1 aliphatic heterocycles. The van der Waals surface area contributed by atoms with Gasteiger partial charge >= 0.3 is 35.8 Å². The summed E-state index contributed by atoms with van der Waals surface area (Å²) >= 11 is 0. The van der Waals surface area contributed by atoms with Crippen molar-refractivity contribution in [2.75, 3.05) is 13.1 Å². The minimum Gasteiger partial charge on any atom is -0.481 e. The summed E-state index contributed by atoms with van der Waals surface area (Å²) in [5, 5.41) is 52.4. The van der Waals surface area contributed by atoms with Crippen molar-refractivity contribution in [3.8, 4) is 0 Å². The molecule has 1 saturated heterocycles. The summed E-state index contributed by atoms with van der Waals surface area (Å²) in [7, 11) is 0. The highest BCUT2D eigenvalue weighted by Crippen LogP contribution is 2.03. The molecule has 1 aromatic heterocycles. The van der Waals surface area contributed by atoms with E-state index in [0.29, 0.717) is 13.0 Å². The van der Waals surface area contributed by atoms with E-state index < -0.39 is 65.9 Å². The molecule has 0 aromatic carbocycles. The van der Waals surface area contributed by atoms with Crippen LogP contribution in [0.5, 0.6) is 0 Å². The van der Waals surface area contributed by atoms with E-state index in [1.807, 2.05) is 0 Å². The quantitative estimate of drug-likeness (QED) is 0.0702. The summed E-state index contributed by atoms with van der Waals surface area (Å²) < 4.78 is 0. The number of hydrogen-bond acceptors (Lipinski definition) is 14. The SMILES string of the molecule is NC(=O)CC[C@H](N)C(=O)O.NCCCC[C@H](N)C(=O)O.N[C@@H](CCC(=O)O)C(=O)O.N[C@@H](Cc1cnc[nH]1)C(=O)O.O=C(O)[C@@H]1CCCN1. The molecule has 2 heterocycles. The number of nitrogens with zero attached hydrogens (tertiary/aromatic N) is 1. The largest absolute Gasteiger partial charge is 0.481 e. The van der Waals surface area contributed by atoms with E-state index in [0.717, 1.165) is 37.9 Å². The molecule has 0 saturated carbocycles. The van der Waals surface area contributed by atoms with Crippen LogP contribution in [0.15, 0.2) is 12.5 Å². The molecule has 0 radical (unpaired) electrons. The Morgan fingerprint density at radius 1 is 0.755 bits per heavy atom. The second-order valence-electron chi connectivity index (χ2n) is 10.3. The molecule has 20 N–H and O–H groups in total. The molecule has 0 spiro atoms. The number of hydrogen-bond donors (Lipinski definition) is 14. The van der Waals surface area contributed by atoms with Gasteiger partial charge in [-0.25, -0.2) is 4.98 Å². The maximum atomic E-state index is 10.3.